The van der Waals surface area contributed by atoms with Crippen molar-refractivity contribution >= 4 is 16.9 Å². The van der Waals surface area contributed by atoms with Crippen LogP contribution in [0.2, 0.25) is 0 Å². The fraction of sp³-hybridized carbons (Fsp3) is 0.250. The number of methoxy groups -OCH3 is 1. The highest BCUT2D eigenvalue weighted by molar-refractivity contribution is 5.76. The highest BCUT2D eigenvalue weighted by atomic mass is 16.5. The Balaban J connectivity index is 1.49. The minimum Gasteiger partial charge on any atom is -0.497 e. The predicted octanol–water partition coefficient (Wildman–Crippen LogP) is 2.22. The van der Waals surface area contributed by atoms with Crippen LogP contribution in [0, 0.1) is 0 Å². The Labute approximate surface area is 151 Å². The number of H-pyrrole nitrogens is 1. The molecule has 1 heterocycles. The minimum absolute atomic E-state index is 0.0899. The maximum absolute atomic E-state index is 12.0. The maximum Gasteiger partial charge on any atom is 0.270 e. The molecule has 3 rings (SSSR count). The van der Waals surface area contributed by atoms with E-state index in [0.717, 1.165) is 23.3 Å². The van der Waals surface area contributed by atoms with E-state index in [9.17, 15) is 9.59 Å². The van der Waals surface area contributed by atoms with Crippen LogP contribution in [-0.2, 0) is 17.6 Å². The summed E-state index contributed by atoms with van der Waals surface area (Å²) in [6, 6.07) is 15.1. The number of hydrogen-bond donors (Lipinski definition) is 2. The number of carbonyl (C=O) groups is 1. The largest absolute Gasteiger partial charge is 0.497 e. The van der Waals surface area contributed by atoms with Gasteiger partial charge in [0.05, 0.1) is 18.1 Å². The molecule has 6 heteroatoms. The van der Waals surface area contributed by atoms with Gasteiger partial charge in [0.15, 0.2) is 0 Å². The lowest BCUT2D eigenvalue weighted by Crippen LogP contribution is -2.27. The zero-order chi connectivity index (χ0) is 18.4. The molecule has 3 aromatic rings. The van der Waals surface area contributed by atoms with Gasteiger partial charge < -0.3 is 15.0 Å². The summed E-state index contributed by atoms with van der Waals surface area (Å²) in [5.41, 5.74) is 2.69. The molecule has 0 saturated heterocycles. The van der Waals surface area contributed by atoms with Gasteiger partial charge in [-0.05, 0) is 36.2 Å². The number of para-hydroxylation sites is 2. The second-order valence-corrected chi connectivity index (χ2v) is 5.98. The summed E-state index contributed by atoms with van der Waals surface area (Å²) in [7, 11) is 1.63. The number of nitrogens with one attached hydrogen (secondary N) is 2. The lowest BCUT2D eigenvalue weighted by Gasteiger charge is -2.06. The normalized spacial score (nSPS) is 10.7. The van der Waals surface area contributed by atoms with E-state index < -0.39 is 0 Å². The molecule has 134 valence electrons. The zero-order valence-corrected chi connectivity index (χ0v) is 14.6. The molecule has 1 amide bonds. The van der Waals surface area contributed by atoms with Crippen LogP contribution in [0.1, 0.15) is 17.7 Å². The van der Waals surface area contributed by atoms with Crippen molar-refractivity contribution in [1.29, 1.82) is 0 Å². The van der Waals surface area contributed by atoms with Crippen molar-refractivity contribution in [3.63, 3.8) is 0 Å². The molecule has 6 nitrogen and oxygen atoms in total. The fourth-order valence-electron chi connectivity index (χ4n) is 2.70. The quantitative estimate of drug-likeness (QED) is 0.684. The van der Waals surface area contributed by atoms with Crippen molar-refractivity contribution in [2.75, 3.05) is 13.7 Å². The van der Waals surface area contributed by atoms with E-state index in [2.05, 4.69) is 15.3 Å². The zero-order valence-electron chi connectivity index (χ0n) is 14.6. The van der Waals surface area contributed by atoms with Crippen molar-refractivity contribution in [2.45, 2.75) is 19.3 Å². The van der Waals surface area contributed by atoms with E-state index in [-0.39, 0.29) is 17.9 Å². The Bertz CT molecular complexity index is 948. The van der Waals surface area contributed by atoms with Crippen LogP contribution in [0.4, 0.5) is 0 Å². The average Bonchev–Trinajstić information content (AvgIpc) is 2.67. The van der Waals surface area contributed by atoms with Crippen LogP contribution in [0.3, 0.4) is 0 Å². The molecule has 1 aromatic heterocycles. The first kappa shape index (κ1) is 17.7. The summed E-state index contributed by atoms with van der Waals surface area (Å²) in [6.45, 7) is 0.548. The number of fused-ring (bicyclic) bond motifs is 1. The third kappa shape index (κ3) is 4.47. The molecule has 0 saturated carbocycles. The van der Waals surface area contributed by atoms with Crippen LogP contribution in [0.25, 0.3) is 11.0 Å². The van der Waals surface area contributed by atoms with Gasteiger partial charge >= 0.3 is 0 Å². The Hall–Kier alpha value is -3.15. The lowest BCUT2D eigenvalue weighted by atomic mass is 10.1. The molecule has 0 unspecified atom stereocenters. The minimum atomic E-state index is -0.241. The molecule has 0 spiro atoms. The number of ether oxygens (including phenoxy) is 1. The van der Waals surface area contributed by atoms with Crippen molar-refractivity contribution < 1.29 is 9.53 Å². The van der Waals surface area contributed by atoms with Crippen molar-refractivity contribution in [1.82, 2.24) is 15.3 Å². The van der Waals surface area contributed by atoms with Gasteiger partial charge in [0, 0.05) is 19.4 Å². The summed E-state index contributed by atoms with van der Waals surface area (Å²) in [5.74, 6) is 0.721. The van der Waals surface area contributed by atoms with Gasteiger partial charge in [0.25, 0.3) is 5.56 Å². The molecule has 2 N–H and O–H groups in total. The van der Waals surface area contributed by atoms with Crippen molar-refractivity contribution in [3.8, 4) is 5.75 Å². The molecule has 0 bridgehead atoms. The maximum atomic E-state index is 12.0. The smallest absolute Gasteiger partial charge is 0.270 e. The number of nitrogens with zero attached hydrogens (tertiary/aromatic N) is 1. The summed E-state index contributed by atoms with van der Waals surface area (Å²) >= 11 is 0. The molecule has 0 radical (unpaired) electrons. The summed E-state index contributed by atoms with van der Waals surface area (Å²) in [5, 5.41) is 2.88. The van der Waals surface area contributed by atoms with E-state index in [1.807, 2.05) is 42.5 Å². The molecule has 0 atom stereocenters. The highest BCUT2D eigenvalue weighted by Gasteiger charge is 2.08. The first-order valence-electron chi connectivity index (χ1n) is 8.53. The number of aryl methyl sites for hydroxylation is 1. The third-order valence-electron chi connectivity index (χ3n) is 4.15. The van der Waals surface area contributed by atoms with E-state index in [1.54, 1.807) is 13.2 Å². The monoisotopic (exact) mass is 351 g/mol. The van der Waals surface area contributed by atoms with E-state index in [1.165, 1.54) is 0 Å². The van der Waals surface area contributed by atoms with Crippen molar-refractivity contribution in [3.05, 3.63) is 70.1 Å². The molecule has 2 aromatic carbocycles. The van der Waals surface area contributed by atoms with Gasteiger partial charge in [-0.2, -0.15) is 0 Å². The number of aromatic amines is 1. The van der Waals surface area contributed by atoms with Gasteiger partial charge in [-0.25, -0.2) is 4.98 Å². The highest BCUT2D eigenvalue weighted by Crippen LogP contribution is 2.11. The number of rotatable bonds is 7. The second kappa shape index (κ2) is 8.29. The Morgan fingerprint density at radius 1 is 1.12 bits per heavy atom. The van der Waals surface area contributed by atoms with Gasteiger partial charge in [0.2, 0.25) is 5.91 Å². The first-order chi connectivity index (χ1) is 12.7. The number of carbonyl (C=O) groups excluding carboxylic acids is 1. The number of benzene rings is 2. The molecule has 0 fully saturated rings. The average molecular weight is 351 g/mol. The lowest BCUT2D eigenvalue weighted by molar-refractivity contribution is -0.121. The molecule has 0 aliphatic carbocycles. The SMILES string of the molecule is COc1ccc(CCNC(=O)CCc2nc3ccccc3[nH]c2=O)cc1. The second-order valence-electron chi connectivity index (χ2n) is 5.98. The van der Waals surface area contributed by atoms with Gasteiger partial charge in [-0.1, -0.05) is 24.3 Å². The molecular formula is C20H21N3O3. The standard InChI is InChI=1S/C20H21N3O3/c1-26-15-8-6-14(7-9-15)12-13-21-19(24)11-10-18-20(25)23-17-5-3-2-4-16(17)22-18/h2-9H,10-13H2,1H3,(H,21,24)(H,23,25). The Morgan fingerprint density at radius 2 is 1.88 bits per heavy atom. The van der Waals surface area contributed by atoms with Crippen LogP contribution < -0.4 is 15.6 Å². The van der Waals surface area contributed by atoms with Gasteiger partial charge in [-0.3, -0.25) is 9.59 Å². The summed E-state index contributed by atoms with van der Waals surface area (Å²) in [6.07, 6.45) is 1.29. The Kier molecular flexibility index (Phi) is 5.63. The van der Waals surface area contributed by atoms with Crippen LogP contribution >= 0.6 is 0 Å². The number of hydrogen-bond acceptors (Lipinski definition) is 4. The first-order valence-corrected chi connectivity index (χ1v) is 8.53. The van der Waals surface area contributed by atoms with Crippen LogP contribution in [-0.4, -0.2) is 29.5 Å². The van der Waals surface area contributed by atoms with Crippen LogP contribution in [0.15, 0.2) is 53.3 Å². The van der Waals surface area contributed by atoms with E-state index in [4.69, 9.17) is 4.74 Å². The number of aromatic nitrogens is 2. The molecule has 0 aliphatic rings. The third-order valence-corrected chi connectivity index (χ3v) is 4.15. The summed E-state index contributed by atoms with van der Waals surface area (Å²) < 4.78 is 5.12. The molecule has 0 aliphatic heterocycles. The Morgan fingerprint density at radius 3 is 2.65 bits per heavy atom. The van der Waals surface area contributed by atoms with Crippen LogP contribution in [0.5, 0.6) is 5.75 Å². The van der Waals surface area contributed by atoms with Gasteiger partial charge in [0.1, 0.15) is 11.4 Å². The van der Waals surface area contributed by atoms with E-state index >= 15 is 0 Å². The predicted molar refractivity (Wildman–Crippen MR) is 100 cm³/mol. The number of amides is 1. The van der Waals surface area contributed by atoms with E-state index in [0.29, 0.717) is 24.2 Å². The topological polar surface area (TPSA) is 84.1 Å². The van der Waals surface area contributed by atoms with Crippen molar-refractivity contribution in [2.24, 2.45) is 0 Å². The molecular weight excluding hydrogens is 330 g/mol. The fourth-order valence-corrected chi connectivity index (χ4v) is 2.70. The van der Waals surface area contributed by atoms with Gasteiger partial charge in [-0.15, -0.1) is 0 Å². The molecule has 26 heavy (non-hydrogen) atoms. The summed E-state index contributed by atoms with van der Waals surface area (Å²) in [4.78, 5) is 31.2.